The third kappa shape index (κ3) is 6.12. The van der Waals surface area contributed by atoms with Gasteiger partial charge in [-0.1, -0.05) is 38.5 Å². The van der Waals surface area contributed by atoms with Gasteiger partial charge in [0.05, 0.1) is 0 Å². The van der Waals surface area contributed by atoms with Crippen molar-refractivity contribution in [2.24, 2.45) is 0 Å². The Morgan fingerprint density at radius 2 is 0.625 bits per heavy atom. The topological polar surface area (TPSA) is 0 Å². The Morgan fingerprint density at radius 3 is 0.750 bits per heavy atom. The van der Waals surface area contributed by atoms with Crippen molar-refractivity contribution >= 4 is 0 Å². The van der Waals surface area contributed by atoms with E-state index in [2.05, 4.69) is 0 Å². The van der Waals surface area contributed by atoms with Crippen molar-refractivity contribution in [2.75, 3.05) is 0 Å². The first kappa shape index (κ1) is 12.7. The van der Waals surface area contributed by atoms with Crippen LogP contribution in [0.5, 0.6) is 0 Å². The Balaban J connectivity index is -0.0000000450. The first-order valence-corrected chi connectivity index (χ1v) is 3.00. The van der Waals surface area contributed by atoms with Gasteiger partial charge in [0.15, 0.2) is 0 Å². The predicted molar refractivity (Wildman–Crippen MR) is 29.9 cm³/mol. The van der Waals surface area contributed by atoms with Crippen molar-refractivity contribution in [2.45, 2.75) is 38.5 Å². The third-order valence-electron chi connectivity index (χ3n) is 1.50. The van der Waals surface area contributed by atoms with Crippen LogP contribution in [0.15, 0.2) is 0 Å². The fraction of sp³-hybridized carbons (Fsp3) is 1.00. The summed E-state index contributed by atoms with van der Waals surface area (Å²) < 4.78 is 0. The second-order valence-electron chi connectivity index (χ2n) is 2.12. The van der Waals surface area contributed by atoms with Gasteiger partial charge in [-0.05, 0) is 0 Å². The molecule has 0 N–H and O–H groups in total. The molecule has 0 atom stereocenters. The van der Waals surface area contributed by atoms with E-state index < -0.39 is 0 Å². The molecule has 1 saturated carbocycles. The number of hydrogen-bond donors (Lipinski definition) is 0. The first-order chi connectivity index (χ1) is 3.00. The molecule has 8 heavy (non-hydrogen) atoms. The van der Waals surface area contributed by atoms with E-state index in [9.17, 15) is 0 Å². The predicted octanol–water partition coefficient (Wildman–Crippen LogP) is -3.43. The van der Waals surface area contributed by atoms with Crippen LogP contribution in [-0.4, -0.2) is 0 Å². The first-order valence-electron chi connectivity index (χ1n) is 3.00. The molecule has 1 aliphatic rings. The average molecular weight is 132 g/mol. The van der Waals surface area contributed by atoms with Crippen LogP contribution >= 0.6 is 0 Å². The summed E-state index contributed by atoms with van der Waals surface area (Å²) in [5.41, 5.74) is 0. The molecule has 0 spiro atoms. The standard InChI is InChI=1S/C6H12.2Na.2H/c1-2-4-6-5-3-1;;;;/h1-6H2;;;;/q;2*+1;2*-1. The van der Waals surface area contributed by atoms with E-state index in [1.165, 1.54) is 38.5 Å². The van der Waals surface area contributed by atoms with E-state index in [1.54, 1.807) is 0 Å². The van der Waals surface area contributed by atoms with Crippen molar-refractivity contribution in [1.29, 1.82) is 0 Å². The summed E-state index contributed by atoms with van der Waals surface area (Å²) in [4.78, 5) is 0. The maximum atomic E-state index is 1.50. The van der Waals surface area contributed by atoms with E-state index in [0.29, 0.717) is 0 Å². The van der Waals surface area contributed by atoms with Crippen LogP contribution in [0.4, 0.5) is 0 Å². The molecule has 1 rings (SSSR count). The van der Waals surface area contributed by atoms with Crippen LogP contribution in [0.1, 0.15) is 41.4 Å². The minimum Gasteiger partial charge on any atom is -1.00 e. The molecule has 0 aromatic rings. The molecule has 0 bridgehead atoms. The molecule has 1 fully saturated rings. The van der Waals surface area contributed by atoms with E-state index >= 15 is 0 Å². The van der Waals surface area contributed by atoms with Crippen molar-refractivity contribution in [3.63, 3.8) is 0 Å². The van der Waals surface area contributed by atoms with Gasteiger partial charge in [0, 0.05) is 0 Å². The molecule has 0 saturated heterocycles. The zero-order chi connectivity index (χ0) is 4.24. The van der Waals surface area contributed by atoms with Crippen LogP contribution in [0.25, 0.3) is 0 Å². The molecule has 0 amide bonds. The molecule has 0 aliphatic heterocycles. The molecule has 0 unspecified atom stereocenters. The summed E-state index contributed by atoms with van der Waals surface area (Å²) in [6.07, 6.45) is 9.00. The molecular formula is C6H14Na2. The molecule has 1 aliphatic carbocycles. The van der Waals surface area contributed by atoms with Crippen molar-refractivity contribution in [1.82, 2.24) is 0 Å². The minimum absolute atomic E-state index is 0. The van der Waals surface area contributed by atoms with Crippen LogP contribution in [0, 0.1) is 0 Å². The molecule has 0 heterocycles. The summed E-state index contributed by atoms with van der Waals surface area (Å²) >= 11 is 0. The molecule has 0 aromatic carbocycles. The van der Waals surface area contributed by atoms with Gasteiger partial charge < -0.3 is 2.85 Å². The van der Waals surface area contributed by atoms with Gasteiger partial charge >= 0.3 is 59.1 Å². The number of rotatable bonds is 0. The molecule has 0 aromatic heterocycles. The van der Waals surface area contributed by atoms with Gasteiger partial charge in [-0.25, -0.2) is 0 Å². The van der Waals surface area contributed by atoms with Crippen LogP contribution in [0.2, 0.25) is 0 Å². The van der Waals surface area contributed by atoms with E-state index in [4.69, 9.17) is 0 Å². The fourth-order valence-corrected chi connectivity index (χ4v) is 1.06. The maximum Gasteiger partial charge on any atom is 1.00 e. The van der Waals surface area contributed by atoms with Crippen LogP contribution in [0.3, 0.4) is 0 Å². The Hall–Kier alpha value is 2.00. The van der Waals surface area contributed by atoms with Crippen molar-refractivity contribution in [3.8, 4) is 0 Å². The quantitative estimate of drug-likeness (QED) is 0.301. The van der Waals surface area contributed by atoms with Gasteiger partial charge in [0.2, 0.25) is 0 Å². The monoisotopic (exact) mass is 132 g/mol. The summed E-state index contributed by atoms with van der Waals surface area (Å²) in [5, 5.41) is 0. The zero-order valence-electron chi connectivity index (χ0n) is 8.24. The van der Waals surface area contributed by atoms with E-state index in [-0.39, 0.29) is 62.0 Å². The van der Waals surface area contributed by atoms with Crippen LogP contribution < -0.4 is 59.1 Å². The molecule has 40 valence electrons. The minimum atomic E-state index is 0. The molecule has 0 radical (unpaired) electrons. The smallest absolute Gasteiger partial charge is 1.00 e. The molecular weight excluding hydrogens is 118 g/mol. The van der Waals surface area contributed by atoms with Crippen molar-refractivity contribution < 1.29 is 62.0 Å². The largest absolute Gasteiger partial charge is 1.00 e. The van der Waals surface area contributed by atoms with Gasteiger partial charge in [0.25, 0.3) is 0 Å². The Labute approximate surface area is 99.4 Å². The maximum absolute atomic E-state index is 1.50. The normalized spacial score (nSPS) is 18.0. The Morgan fingerprint density at radius 1 is 0.500 bits per heavy atom. The summed E-state index contributed by atoms with van der Waals surface area (Å²) in [6.45, 7) is 0. The summed E-state index contributed by atoms with van der Waals surface area (Å²) in [7, 11) is 0. The van der Waals surface area contributed by atoms with Gasteiger partial charge in [-0.15, -0.1) is 0 Å². The Kier molecular flexibility index (Phi) is 14.2. The van der Waals surface area contributed by atoms with E-state index in [0.717, 1.165) is 0 Å². The zero-order valence-corrected chi connectivity index (χ0v) is 10.2. The van der Waals surface area contributed by atoms with Gasteiger partial charge in [-0.3, -0.25) is 0 Å². The fourth-order valence-electron chi connectivity index (χ4n) is 1.06. The molecule has 0 nitrogen and oxygen atoms in total. The van der Waals surface area contributed by atoms with Crippen LogP contribution in [-0.2, 0) is 0 Å². The second kappa shape index (κ2) is 9.00. The summed E-state index contributed by atoms with van der Waals surface area (Å²) in [5.74, 6) is 0. The van der Waals surface area contributed by atoms with E-state index in [1.807, 2.05) is 0 Å². The number of hydrogen-bond acceptors (Lipinski definition) is 0. The third-order valence-corrected chi connectivity index (χ3v) is 1.50. The SMILES string of the molecule is C1CCCCC1.[H-].[H-].[Na+].[Na+]. The molecule has 2 heteroatoms. The second-order valence-corrected chi connectivity index (χ2v) is 2.12. The van der Waals surface area contributed by atoms with Gasteiger partial charge in [0.1, 0.15) is 0 Å². The summed E-state index contributed by atoms with van der Waals surface area (Å²) in [6, 6.07) is 0. The average Bonchev–Trinajstić information content (AvgIpc) is 1.72. The Bertz CT molecular complexity index is 29.2. The van der Waals surface area contributed by atoms with Gasteiger partial charge in [-0.2, -0.15) is 0 Å². The van der Waals surface area contributed by atoms with Crippen molar-refractivity contribution in [3.05, 3.63) is 0 Å².